The molecule has 1 aliphatic rings. The highest BCUT2D eigenvalue weighted by Gasteiger charge is 2.05. The summed E-state index contributed by atoms with van der Waals surface area (Å²) in [5.74, 6) is 0. The largest absolute Gasteiger partial charge is 0.412 e. The third kappa shape index (κ3) is 3.33. The van der Waals surface area contributed by atoms with Gasteiger partial charge in [0.1, 0.15) is 11.0 Å². The second kappa shape index (κ2) is 5.89. The Balaban J connectivity index is 0.000000124. The van der Waals surface area contributed by atoms with Gasteiger partial charge < -0.3 is 12.3 Å². The number of hydrogen-bond acceptors (Lipinski definition) is 5. The first-order valence-corrected chi connectivity index (χ1v) is 6.40. The molecule has 1 fully saturated rings. The van der Waals surface area contributed by atoms with E-state index in [9.17, 15) is 0 Å². The molecule has 0 bridgehead atoms. The van der Waals surface area contributed by atoms with Crippen LogP contribution in [0.5, 0.6) is 0 Å². The van der Waals surface area contributed by atoms with Crippen molar-refractivity contribution in [3.05, 3.63) is 24.3 Å². The highest BCUT2D eigenvalue weighted by Crippen LogP contribution is 2.03. The van der Waals surface area contributed by atoms with Gasteiger partial charge in [0, 0.05) is 0 Å². The van der Waals surface area contributed by atoms with E-state index in [1.807, 2.05) is 24.3 Å². The molecule has 1 saturated heterocycles. The summed E-state index contributed by atoms with van der Waals surface area (Å²) in [6.45, 7) is 0. The van der Waals surface area contributed by atoms with E-state index in [0.29, 0.717) is 0 Å². The zero-order chi connectivity index (χ0) is 10.3. The number of hydrogen-bond donors (Lipinski definition) is 1. The molecule has 1 aromatic heterocycles. The molecular formula is C6H5N3O3Si3. The van der Waals surface area contributed by atoms with Gasteiger partial charge in [-0.25, -0.2) is 0 Å². The number of aromatic amines is 1. The van der Waals surface area contributed by atoms with Crippen LogP contribution in [0.2, 0.25) is 0 Å². The number of nitrogens with one attached hydrogen (secondary N) is 1. The average molecular weight is 251 g/mol. The maximum atomic E-state index is 4.69. The van der Waals surface area contributed by atoms with Gasteiger partial charge in [-0.2, -0.15) is 15.4 Å². The van der Waals surface area contributed by atoms with Crippen molar-refractivity contribution < 1.29 is 12.3 Å². The lowest BCUT2D eigenvalue weighted by atomic mass is 10.3. The predicted molar refractivity (Wildman–Crippen MR) is 54.4 cm³/mol. The number of rotatable bonds is 0. The van der Waals surface area contributed by atoms with Crippen molar-refractivity contribution in [3.63, 3.8) is 0 Å². The Kier molecular flexibility index (Phi) is 4.19. The minimum absolute atomic E-state index is 0.201. The molecule has 0 atom stereocenters. The molecule has 3 rings (SSSR count). The fourth-order valence-electron chi connectivity index (χ4n) is 0.900. The molecule has 0 amide bonds. The fourth-order valence-corrected chi connectivity index (χ4v) is 2.93. The summed E-state index contributed by atoms with van der Waals surface area (Å²) >= 11 is 0. The summed E-state index contributed by atoms with van der Waals surface area (Å²) in [6.07, 6.45) is 0. The van der Waals surface area contributed by atoms with Crippen LogP contribution in [0, 0.1) is 0 Å². The van der Waals surface area contributed by atoms with Gasteiger partial charge in [0.15, 0.2) is 0 Å². The van der Waals surface area contributed by atoms with Gasteiger partial charge in [0.25, 0.3) is 0 Å². The summed E-state index contributed by atoms with van der Waals surface area (Å²) in [7, 11) is 0.604. The Morgan fingerprint density at radius 3 is 1.73 bits per heavy atom. The van der Waals surface area contributed by atoms with Gasteiger partial charge in [-0.1, -0.05) is 12.1 Å². The third-order valence-electron chi connectivity index (χ3n) is 1.47. The smallest absolute Gasteiger partial charge is 0.412 e. The van der Waals surface area contributed by atoms with Crippen LogP contribution in [0.25, 0.3) is 11.0 Å². The number of fused-ring (bicyclic) bond motifs is 1. The van der Waals surface area contributed by atoms with Crippen molar-refractivity contribution in [2.45, 2.75) is 0 Å². The van der Waals surface area contributed by atoms with E-state index in [1.54, 1.807) is 0 Å². The molecule has 0 spiro atoms. The Morgan fingerprint density at radius 2 is 1.33 bits per heavy atom. The quantitative estimate of drug-likeness (QED) is 0.646. The first-order chi connectivity index (χ1) is 7.47. The minimum Gasteiger partial charge on any atom is -0.412 e. The van der Waals surface area contributed by atoms with Crippen LogP contribution >= 0.6 is 0 Å². The van der Waals surface area contributed by atoms with Crippen LogP contribution < -0.4 is 0 Å². The molecular weight excluding hydrogens is 246 g/mol. The molecule has 2 heterocycles. The van der Waals surface area contributed by atoms with E-state index in [-0.39, 0.29) is 30.0 Å². The molecule has 6 nitrogen and oxygen atoms in total. The second-order valence-electron chi connectivity index (χ2n) is 2.37. The van der Waals surface area contributed by atoms with Crippen molar-refractivity contribution in [2.24, 2.45) is 0 Å². The van der Waals surface area contributed by atoms with E-state index in [0.717, 1.165) is 11.0 Å². The Hall–Kier alpha value is -0.849. The molecule has 0 saturated carbocycles. The van der Waals surface area contributed by atoms with Gasteiger partial charge in [-0.15, -0.1) is 0 Å². The number of para-hydroxylation sites is 2. The van der Waals surface area contributed by atoms with E-state index in [1.165, 1.54) is 0 Å². The van der Waals surface area contributed by atoms with Crippen molar-refractivity contribution in [3.8, 4) is 0 Å². The SMILES string of the molecule is O1[Si]O[Si]O[Si]1.c1ccc2n[nH]nc2c1. The van der Waals surface area contributed by atoms with Gasteiger partial charge in [0.05, 0.1) is 0 Å². The van der Waals surface area contributed by atoms with E-state index < -0.39 is 0 Å². The summed E-state index contributed by atoms with van der Waals surface area (Å²) in [4.78, 5) is 0. The topological polar surface area (TPSA) is 69.3 Å². The molecule has 0 unspecified atom stereocenters. The number of aromatic nitrogens is 3. The standard InChI is InChI=1S/C6H5N3.O3Si3/c1-2-4-6-5(3-1)7-9-8-6;1-4-2-6-3-5-1/h1-4H,(H,7,8,9);. The summed E-state index contributed by atoms with van der Waals surface area (Å²) < 4.78 is 14.1. The normalized spacial score (nSPS) is 15.7. The average Bonchev–Trinajstić information content (AvgIpc) is 2.80. The predicted octanol–water partition coefficient (Wildman–Crippen LogP) is -0.390. The van der Waals surface area contributed by atoms with E-state index in [4.69, 9.17) is 0 Å². The van der Waals surface area contributed by atoms with Crippen molar-refractivity contribution in [1.29, 1.82) is 0 Å². The van der Waals surface area contributed by atoms with Crippen LogP contribution in [0.1, 0.15) is 0 Å². The highest BCUT2D eigenvalue weighted by molar-refractivity contribution is 6.50. The summed E-state index contributed by atoms with van der Waals surface area (Å²) in [5, 5.41) is 10.3. The van der Waals surface area contributed by atoms with Crippen LogP contribution in [0.15, 0.2) is 24.3 Å². The van der Waals surface area contributed by atoms with Crippen LogP contribution in [0.4, 0.5) is 0 Å². The molecule has 1 aliphatic heterocycles. The molecule has 74 valence electrons. The summed E-state index contributed by atoms with van der Waals surface area (Å²) in [6, 6.07) is 7.70. The van der Waals surface area contributed by atoms with E-state index >= 15 is 0 Å². The lowest BCUT2D eigenvalue weighted by Crippen LogP contribution is -2.23. The van der Waals surface area contributed by atoms with Gasteiger partial charge in [-0.05, 0) is 12.1 Å². The fraction of sp³-hybridized carbons (Fsp3) is 0. The van der Waals surface area contributed by atoms with E-state index in [2.05, 4.69) is 27.8 Å². The van der Waals surface area contributed by atoms with Crippen molar-refractivity contribution >= 4 is 41.1 Å². The van der Waals surface area contributed by atoms with Crippen molar-refractivity contribution in [2.75, 3.05) is 0 Å². The molecule has 9 heteroatoms. The first-order valence-electron chi connectivity index (χ1n) is 3.95. The number of nitrogens with zero attached hydrogens (tertiary/aromatic N) is 2. The maximum absolute atomic E-state index is 4.69. The monoisotopic (exact) mass is 251 g/mol. The molecule has 2 aromatic rings. The zero-order valence-corrected chi connectivity index (χ0v) is 10.4. The maximum Gasteiger partial charge on any atom is 0.412 e. The third-order valence-corrected chi connectivity index (χ3v) is 3.47. The molecule has 15 heavy (non-hydrogen) atoms. The second-order valence-corrected chi connectivity index (χ2v) is 5.32. The van der Waals surface area contributed by atoms with Crippen LogP contribution in [0.3, 0.4) is 0 Å². The lowest BCUT2D eigenvalue weighted by molar-refractivity contribution is 0.347. The van der Waals surface area contributed by atoms with Crippen LogP contribution in [-0.2, 0) is 12.3 Å². The number of benzene rings is 1. The first kappa shape index (κ1) is 10.7. The van der Waals surface area contributed by atoms with Gasteiger partial charge in [-0.3, -0.25) is 0 Å². The zero-order valence-electron chi connectivity index (χ0n) is 7.43. The number of H-pyrrole nitrogens is 1. The van der Waals surface area contributed by atoms with Crippen LogP contribution in [-0.4, -0.2) is 45.4 Å². The minimum atomic E-state index is 0.201. The van der Waals surface area contributed by atoms with Gasteiger partial charge in [0.2, 0.25) is 0 Å². The molecule has 1 N–H and O–H groups in total. The Labute approximate surface area is 93.5 Å². The molecule has 6 radical (unpaired) electrons. The Morgan fingerprint density at radius 1 is 0.867 bits per heavy atom. The molecule has 1 aromatic carbocycles. The summed E-state index contributed by atoms with van der Waals surface area (Å²) in [5.41, 5.74) is 1.83. The van der Waals surface area contributed by atoms with Crippen molar-refractivity contribution in [1.82, 2.24) is 15.4 Å². The molecule has 0 aliphatic carbocycles. The highest BCUT2D eigenvalue weighted by atomic mass is 28.4. The Bertz CT molecular complexity index is 367. The van der Waals surface area contributed by atoms with Gasteiger partial charge >= 0.3 is 30.0 Å². The lowest BCUT2D eigenvalue weighted by Gasteiger charge is -2.04.